The SMILES string of the molecule is COc1ccc(C(C)C)cc1COc1ccc(O)cc1. The van der Waals surface area contributed by atoms with Crippen LogP contribution >= 0.6 is 0 Å². The zero-order valence-electron chi connectivity index (χ0n) is 12.1. The second-order valence-electron chi connectivity index (χ2n) is 5.01. The van der Waals surface area contributed by atoms with Gasteiger partial charge in [0.15, 0.2) is 0 Å². The van der Waals surface area contributed by atoms with E-state index in [1.807, 2.05) is 6.07 Å². The van der Waals surface area contributed by atoms with Crippen molar-refractivity contribution in [2.75, 3.05) is 7.11 Å². The van der Waals surface area contributed by atoms with Crippen molar-refractivity contribution in [2.45, 2.75) is 26.4 Å². The molecule has 0 aliphatic rings. The van der Waals surface area contributed by atoms with E-state index in [1.54, 1.807) is 31.4 Å². The van der Waals surface area contributed by atoms with Crippen LogP contribution in [0.15, 0.2) is 42.5 Å². The Bertz CT molecular complexity index is 559. The molecule has 2 aromatic rings. The summed E-state index contributed by atoms with van der Waals surface area (Å²) in [6.45, 7) is 4.76. The van der Waals surface area contributed by atoms with Crippen molar-refractivity contribution in [1.29, 1.82) is 0 Å². The Labute approximate surface area is 119 Å². The molecule has 3 heteroatoms. The van der Waals surface area contributed by atoms with E-state index in [-0.39, 0.29) is 5.75 Å². The van der Waals surface area contributed by atoms with Crippen molar-refractivity contribution in [2.24, 2.45) is 0 Å². The number of benzene rings is 2. The lowest BCUT2D eigenvalue weighted by Gasteiger charge is -2.13. The summed E-state index contributed by atoms with van der Waals surface area (Å²) in [6, 6.07) is 12.9. The van der Waals surface area contributed by atoms with Crippen LogP contribution in [0.3, 0.4) is 0 Å². The maximum Gasteiger partial charge on any atom is 0.125 e. The molecule has 0 bridgehead atoms. The van der Waals surface area contributed by atoms with Crippen LogP contribution in [0.2, 0.25) is 0 Å². The number of rotatable bonds is 5. The normalized spacial score (nSPS) is 10.6. The molecule has 0 aliphatic heterocycles. The predicted molar refractivity (Wildman–Crippen MR) is 79.5 cm³/mol. The number of phenols is 1. The summed E-state index contributed by atoms with van der Waals surface area (Å²) in [6.07, 6.45) is 0. The van der Waals surface area contributed by atoms with Crippen molar-refractivity contribution in [3.8, 4) is 17.2 Å². The van der Waals surface area contributed by atoms with Gasteiger partial charge in [-0.2, -0.15) is 0 Å². The predicted octanol–water partition coefficient (Wildman–Crippen LogP) is 4.10. The van der Waals surface area contributed by atoms with Crippen LogP contribution in [0.5, 0.6) is 17.2 Å². The van der Waals surface area contributed by atoms with Crippen LogP contribution in [0.4, 0.5) is 0 Å². The summed E-state index contributed by atoms with van der Waals surface area (Å²) >= 11 is 0. The van der Waals surface area contributed by atoms with Gasteiger partial charge in [-0.25, -0.2) is 0 Å². The lowest BCUT2D eigenvalue weighted by atomic mass is 10.0. The van der Waals surface area contributed by atoms with Crippen molar-refractivity contribution >= 4 is 0 Å². The molecule has 2 rings (SSSR count). The van der Waals surface area contributed by atoms with Gasteiger partial charge in [-0.05, 0) is 47.9 Å². The molecule has 2 aromatic carbocycles. The molecule has 106 valence electrons. The third kappa shape index (κ3) is 3.44. The van der Waals surface area contributed by atoms with E-state index in [1.165, 1.54) is 5.56 Å². The van der Waals surface area contributed by atoms with Crippen molar-refractivity contribution in [3.05, 3.63) is 53.6 Å². The molecule has 0 unspecified atom stereocenters. The second-order valence-corrected chi connectivity index (χ2v) is 5.01. The van der Waals surface area contributed by atoms with Crippen molar-refractivity contribution in [1.82, 2.24) is 0 Å². The van der Waals surface area contributed by atoms with Crippen LogP contribution in [0, 0.1) is 0 Å². The van der Waals surface area contributed by atoms with Crippen LogP contribution < -0.4 is 9.47 Å². The van der Waals surface area contributed by atoms with Crippen LogP contribution in [-0.4, -0.2) is 12.2 Å². The summed E-state index contributed by atoms with van der Waals surface area (Å²) in [5.41, 5.74) is 2.28. The average Bonchev–Trinajstić information content (AvgIpc) is 2.46. The smallest absolute Gasteiger partial charge is 0.125 e. The standard InChI is InChI=1S/C17H20O3/c1-12(2)13-4-9-17(19-3)14(10-13)11-20-16-7-5-15(18)6-8-16/h4-10,12,18H,11H2,1-3H3. The number of ether oxygens (including phenoxy) is 2. The van der Waals surface area contributed by atoms with Gasteiger partial charge in [0.1, 0.15) is 23.9 Å². The number of phenolic OH excluding ortho intramolecular Hbond substituents is 1. The number of hydrogen-bond acceptors (Lipinski definition) is 3. The van der Waals surface area contributed by atoms with Gasteiger partial charge in [0, 0.05) is 5.56 Å². The highest BCUT2D eigenvalue weighted by molar-refractivity contribution is 5.38. The van der Waals surface area contributed by atoms with Gasteiger partial charge in [-0.3, -0.25) is 0 Å². The fourth-order valence-electron chi connectivity index (χ4n) is 1.97. The first-order chi connectivity index (χ1) is 9.60. The maximum atomic E-state index is 9.25. The van der Waals surface area contributed by atoms with Gasteiger partial charge in [0.05, 0.1) is 7.11 Å². The molecule has 0 spiro atoms. The molecule has 0 saturated heterocycles. The molecule has 0 fully saturated rings. The van der Waals surface area contributed by atoms with E-state index in [0.29, 0.717) is 12.5 Å². The second kappa shape index (κ2) is 6.33. The first-order valence-electron chi connectivity index (χ1n) is 6.69. The van der Waals surface area contributed by atoms with Crippen LogP contribution in [-0.2, 0) is 6.61 Å². The van der Waals surface area contributed by atoms with E-state index in [9.17, 15) is 5.11 Å². The van der Waals surface area contributed by atoms with E-state index >= 15 is 0 Å². The van der Waals surface area contributed by atoms with Gasteiger partial charge in [0.25, 0.3) is 0 Å². The van der Waals surface area contributed by atoms with Gasteiger partial charge < -0.3 is 14.6 Å². The number of methoxy groups -OCH3 is 1. The molecule has 0 aromatic heterocycles. The van der Waals surface area contributed by atoms with Gasteiger partial charge in [-0.15, -0.1) is 0 Å². The van der Waals surface area contributed by atoms with Crippen molar-refractivity contribution in [3.63, 3.8) is 0 Å². The molecular weight excluding hydrogens is 252 g/mol. The Morgan fingerprint density at radius 3 is 2.35 bits per heavy atom. The Kier molecular flexibility index (Phi) is 4.51. The highest BCUT2D eigenvalue weighted by atomic mass is 16.5. The Hall–Kier alpha value is -2.16. The Morgan fingerprint density at radius 2 is 1.75 bits per heavy atom. The van der Waals surface area contributed by atoms with E-state index in [0.717, 1.165) is 17.1 Å². The monoisotopic (exact) mass is 272 g/mol. The van der Waals surface area contributed by atoms with E-state index in [4.69, 9.17) is 9.47 Å². The summed E-state index contributed by atoms with van der Waals surface area (Å²) in [5.74, 6) is 2.25. The molecule has 0 atom stereocenters. The first kappa shape index (κ1) is 14.3. The first-order valence-corrected chi connectivity index (χ1v) is 6.69. The number of hydrogen-bond donors (Lipinski definition) is 1. The van der Waals surface area contributed by atoms with Gasteiger partial charge >= 0.3 is 0 Å². The zero-order valence-corrected chi connectivity index (χ0v) is 12.1. The average molecular weight is 272 g/mol. The van der Waals surface area contributed by atoms with E-state index in [2.05, 4.69) is 26.0 Å². The fourth-order valence-corrected chi connectivity index (χ4v) is 1.97. The summed E-state index contributed by atoms with van der Waals surface area (Å²) < 4.78 is 11.1. The minimum atomic E-state index is 0.233. The lowest BCUT2D eigenvalue weighted by Crippen LogP contribution is -2.00. The summed E-state index contributed by atoms with van der Waals surface area (Å²) in [7, 11) is 1.66. The molecule has 0 amide bonds. The highest BCUT2D eigenvalue weighted by Crippen LogP contribution is 2.26. The molecule has 3 nitrogen and oxygen atoms in total. The Morgan fingerprint density at radius 1 is 1.05 bits per heavy atom. The minimum Gasteiger partial charge on any atom is -0.508 e. The quantitative estimate of drug-likeness (QED) is 0.890. The van der Waals surface area contributed by atoms with E-state index < -0.39 is 0 Å². The molecule has 0 heterocycles. The summed E-state index contributed by atoms with van der Waals surface area (Å²) in [5, 5.41) is 9.25. The highest BCUT2D eigenvalue weighted by Gasteiger charge is 2.08. The Balaban J connectivity index is 2.14. The minimum absolute atomic E-state index is 0.233. The van der Waals surface area contributed by atoms with Gasteiger partial charge in [-0.1, -0.05) is 19.9 Å². The molecular formula is C17H20O3. The molecule has 0 aliphatic carbocycles. The summed E-state index contributed by atoms with van der Waals surface area (Å²) in [4.78, 5) is 0. The molecule has 0 radical (unpaired) electrons. The maximum absolute atomic E-state index is 9.25. The molecule has 1 N–H and O–H groups in total. The largest absolute Gasteiger partial charge is 0.508 e. The third-order valence-corrected chi connectivity index (χ3v) is 3.20. The van der Waals surface area contributed by atoms with Crippen LogP contribution in [0.1, 0.15) is 30.9 Å². The van der Waals surface area contributed by atoms with Crippen LogP contribution in [0.25, 0.3) is 0 Å². The lowest BCUT2D eigenvalue weighted by molar-refractivity contribution is 0.296. The molecule has 0 saturated carbocycles. The third-order valence-electron chi connectivity index (χ3n) is 3.20. The fraction of sp³-hybridized carbons (Fsp3) is 0.294. The molecule has 20 heavy (non-hydrogen) atoms. The number of aromatic hydroxyl groups is 1. The zero-order chi connectivity index (χ0) is 14.5. The topological polar surface area (TPSA) is 38.7 Å². The van der Waals surface area contributed by atoms with Crippen molar-refractivity contribution < 1.29 is 14.6 Å². The van der Waals surface area contributed by atoms with Gasteiger partial charge in [0.2, 0.25) is 0 Å².